The molecule has 1 aromatic heterocycles. The van der Waals surface area contributed by atoms with Crippen molar-refractivity contribution >= 4 is 5.91 Å². The molecule has 0 bridgehead atoms. The van der Waals surface area contributed by atoms with Crippen molar-refractivity contribution in [2.75, 3.05) is 0 Å². The Morgan fingerprint density at radius 2 is 2.07 bits per heavy atom. The van der Waals surface area contributed by atoms with E-state index in [1.54, 1.807) is 11.6 Å². The lowest BCUT2D eigenvalue weighted by atomic mass is 9.77. The third kappa shape index (κ3) is 3.22. The molecule has 1 aliphatic carbocycles. The molecule has 1 saturated heterocycles. The zero-order valence-electron chi connectivity index (χ0n) is 15.6. The number of hydrogen-bond acceptors (Lipinski definition) is 5. The van der Waals surface area contributed by atoms with Crippen molar-refractivity contribution in [3.8, 4) is 6.07 Å². The van der Waals surface area contributed by atoms with Crippen molar-refractivity contribution in [1.29, 1.82) is 5.26 Å². The highest BCUT2D eigenvalue weighted by Gasteiger charge is 2.41. The van der Waals surface area contributed by atoms with Gasteiger partial charge in [-0.1, -0.05) is 30.3 Å². The van der Waals surface area contributed by atoms with Crippen LogP contribution >= 0.6 is 0 Å². The smallest absolute Gasteiger partial charge is 0.272 e. The summed E-state index contributed by atoms with van der Waals surface area (Å²) >= 11 is 0. The molecular formula is C20H24N6O. The molecule has 2 aliphatic rings. The summed E-state index contributed by atoms with van der Waals surface area (Å²) in [4.78, 5) is 16.9. The molecule has 140 valence electrons. The summed E-state index contributed by atoms with van der Waals surface area (Å²) in [5.74, 6) is 0.490. The summed E-state index contributed by atoms with van der Waals surface area (Å²) < 4.78 is 1.65. The van der Waals surface area contributed by atoms with E-state index in [1.165, 1.54) is 5.56 Å². The maximum atomic E-state index is 12.7. The van der Waals surface area contributed by atoms with Crippen LogP contribution in [0.1, 0.15) is 52.9 Å². The number of nitriles is 1. The Morgan fingerprint density at radius 1 is 1.30 bits per heavy atom. The van der Waals surface area contributed by atoms with Crippen molar-refractivity contribution in [2.45, 2.75) is 44.3 Å². The first-order valence-corrected chi connectivity index (χ1v) is 9.38. The van der Waals surface area contributed by atoms with Crippen LogP contribution < -0.4 is 16.2 Å². The molecule has 3 N–H and O–H groups in total. The minimum atomic E-state index is -0.191. The van der Waals surface area contributed by atoms with E-state index in [4.69, 9.17) is 5.26 Å². The van der Waals surface area contributed by atoms with Crippen molar-refractivity contribution in [2.24, 2.45) is 13.0 Å². The normalized spacial score (nSPS) is 27.0. The van der Waals surface area contributed by atoms with E-state index in [0.717, 1.165) is 19.3 Å². The summed E-state index contributed by atoms with van der Waals surface area (Å²) in [7, 11) is 1.75. The molecular weight excluding hydrogens is 340 g/mol. The van der Waals surface area contributed by atoms with E-state index in [1.807, 2.05) is 19.1 Å². The predicted molar refractivity (Wildman–Crippen MR) is 100 cm³/mol. The minimum absolute atomic E-state index is 0.110. The standard InChI is InChI=1S/C20H24N6O/c1-12-18(23-17(11-21)26(12)2)20(27)22-14-8-9-16-15(10-14)19(25-24-16)13-6-4-3-5-7-13/h3-7,14-16,19,24-25H,8-10H2,1-2H3,(H,22,27). The number of nitrogens with zero attached hydrogens (tertiary/aromatic N) is 3. The lowest BCUT2D eigenvalue weighted by molar-refractivity contribution is 0.0910. The third-order valence-electron chi connectivity index (χ3n) is 5.94. The summed E-state index contributed by atoms with van der Waals surface area (Å²) in [6.45, 7) is 1.82. The van der Waals surface area contributed by atoms with E-state index in [-0.39, 0.29) is 23.8 Å². The van der Waals surface area contributed by atoms with Gasteiger partial charge in [-0.3, -0.25) is 10.2 Å². The van der Waals surface area contributed by atoms with Crippen LogP contribution in [0, 0.1) is 24.2 Å². The van der Waals surface area contributed by atoms with Gasteiger partial charge in [-0.05, 0) is 37.7 Å². The van der Waals surface area contributed by atoms with E-state index < -0.39 is 0 Å². The van der Waals surface area contributed by atoms with Crippen molar-refractivity contribution in [3.05, 3.63) is 53.1 Å². The molecule has 7 nitrogen and oxygen atoms in total. The van der Waals surface area contributed by atoms with Gasteiger partial charge in [0.2, 0.25) is 5.82 Å². The van der Waals surface area contributed by atoms with E-state index in [0.29, 0.717) is 23.3 Å². The maximum Gasteiger partial charge on any atom is 0.272 e. The van der Waals surface area contributed by atoms with Crippen LogP contribution in [0.25, 0.3) is 0 Å². The predicted octanol–water partition coefficient (Wildman–Crippen LogP) is 1.72. The van der Waals surface area contributed by atoms with Crippen LogP contribution in [0.15, 0.2) is 30.3 Å². The van der Waals surface area contributed by atoms with Crippen molar-refractivity contribution in [3.63, 3.8) is 0 Å². The fraction of sp³-hybridized carbons (Fsp3) is 0.450. The highest BCUT2D eigenvalue weighted by molar-refractivity contribution is 5.93. The van der Waals surface area contributed by atoms with E-state index in [2.05, 4.69) is 45.4 Å². The first-order valence-electron chi connectivity index (χ1n) is 9.38. The molecule has 2 aromatic rings. The molecule has 1 saturated carbocycles. The molecule has 7 heteroatoms. The third-order valence-corrected chi connectivity index (χ3v) is 5.94. The van der Waals surface area contributed by atoms with Gasteiger partial charge in [0.1, 0.15) is 6.07 Å². The SMILES string of the molecule is Cc1c(C(=O)NC2CCC3NNC(c4ccccc4)C3C2)nc(C#N)n1C. The molecule has 1 amide bonds. The molecule has 1 aromatic carbocycles. The number of nitrogens with one attached hydrogen (secondary N) is 3. The molecule has 27 heavy (non-hydrogen) atoms. The Kier molecular flexibility index (Phi) is 4.68. The molecule has 1 aliphatic heterocycles. The number of fused-ring (bicyclic) bond motifs is 1. The Bertz CT molecular complexity index is 884. The average molecular weight is 364 g/mol. The molecule has 2 fully saturated rings. The zero-order chi connectivity index (χ0) is 19.0. The van der Waals surface area contributed by atoms with Gasteiger partial charge in [-0.2, -0.15) is 5.26 Å². The molecule has 4 unspecified atom stereocenters. The summed E-state index contributed by atoms with van der Waals surface area (Å²) in [5.41, 5.74) is 9.18. The first-order chi connectivity index (χ1) is 13.1. The fourth-order valence-electron chi connectivity index (χ4n) is 4.33. The second-order valence-corrected chi connectivity index (χ2v) is 7.47. The van der Waals surface area contributed by atoms with Crippen LogP contribution in [-0.2, 0) is 7.05 Å². The molecule has 4 atom stereocenters. The Hall–Kier alpha value is -2.69. The number of benzene rings is 1. The van der Waals surface area contributed by atoms with Gasteiger partial charge in [0, 0.05) is 24.8 Å². The Labute approximate surface area is 158 Å². The molecule has 4 rings (SSSR count). The lowest BCUT2D eigenvalue weighted by Crippen LogP contribution is -2.44. The van der Waals surface area contributed by atoms with Gasteiger partial charge in [-0.15, -0.1) is 0 Å². The second-order valence-electron chi connectivity index (χ2n) is 7.47. The van der Waals surface area contributed by atoms with Gasteiger partial charge >= 0.3 is 0 Å². The van der Waals surface area contributed by atoms with Crippen LogP contribution in [-0.4, -0.2) is 27.5 Å². The quantitative estimate of drug-likeness (QED) is 0.771. The number of rotatable bonds is 3. The minimum Gasteiger partial charge on any atom is -0.348 e. The monoisotopic (exact) mass is 364 g/mol. The van der Waals surface area contributed by atoms with Crippen LogP contribution in [0.4, 0.5) is 0 Å². The second kappa shape index (κ2) is 7.14. The number of aromatic nitrogens is 2. The maximum absolute atomic E-state index is 12.7. The lowest BCUT2D eigenvalue weighted by Gasteiger charge is -2.33. The largest absolute Gasteiger partial charge is 0.348 e. The van der Waals surface area contributed by atoms with E-state index >= 15 is 0 Å². The number of amides is 1. The van der Waals surface area contributed by atoms with Crippen LogP contribution in [0.2, 0.25) is 0 Å². The molecule has 0 radical (unpaired) electrons. The summed E-state index contributed by atoms with van der Waals surface area (Å²) in [6, 6.07) is 13.2. The topological polar surface area (TPSA) is 94.8 Å². The number of hydrogen-bond donors (Lipinski definition) is 3. The number of imidazole rings is 1. The van der Waals surface area contributed by atoms with Gasteiger partial charge in [0.15, 0.2) is 5.69 Å². The van der Waals surface area contributed by atoms with E-state index in [9.17, 15) is 4.79 Å². The van der Waals surface area contributed by atoms with Crippen LogP contribution in [0.5, 0.6) is 0 Å². The van der Waals surface area contributed by atoms with Gasteiger partial charge in [0.25, 0.3) is 5.91 Å². The fourth-order valence-corrected chi connectivity index (χ4v) is 4.33. The summed E-state index contributed by atoms with van der Waals surface area (Å²) in [6.07, 6.45) is 2.85. The number of hydrazine groups is 1. The highest BCUT2D eigenvalue weighted by Crippen LogP contribution is 2.38. The van der Waals surface area contributed by atoms with Crippen molar-refractivity contribution < 1.29 is 4.79 Å². The van der Waals surface area contributed by atoms with Crippen LogP contribution in [0.3, 0.4) is 0 Å². The van der Waals surface area contributed by atoms with Gasteiger partial charge in [0.05, 0.1) is 6.04 Å². The Balaban J connectivity index is 1.47. The average Bonchev–Trinajstić information content (AvgIpc) is 3.23. The Morgan fingerprint density at radius 3 is 2.78 bits per heavy atom. The highest BCUT2D eigenvalue weighted by atomic mass is 16.2. The number of carbonyl (C=O) groups excluding carboxylic acids is 1. The first kappa shape index (κ1) is 17.7. The number of carbonyl (C=O) groups is 1. The molecule has 0 spiro atoms. The zero-order valence-corrected chi connectivity index (χ0v) is 15.6. The molecule has 2 heterocycles. The van der Waals surface area contributed by atoms with Gasteiger partial charge < -0.3 is 9.88 Å². The summed E-state index contributed by atoms with van der Waals surface area (Å²) in [5, 5.41) is 12.3. The van der Waals surface area contributed by atoms with Crippen molar-refractivity contribution in [1.82, 2.24) is 25.7 Å². The van der Waals surface area contributed by atoms with Gasteiger partial charge in [-0.25, -0.2) is 10.4 Å².